The van der Waals surface area contributed by atoms with Crippen molar-refractivity contribution >= 4 is 33.2 Å². The van der Waals surface area contributed by atoms with E-state index in [0.717, 1.165) is 0 Å². The molecule has 34 heavy (non-hydrogen) atoms. The summed E-state index contributed by atoms with van der Waals surface area (Å²) >= 11 is 0. The topological polar surface area (TPSA) is 119 Å². The number of carbonyl (C=O) groups excluding carboxylic acids is 3. The lowest BCUT2D eigenvalue weighted by Crippen LogP contribution is -2.55. The highest BCUT2D eigenvalue weighted by atomic mass is 32.2. The van der Waals surface area contributed by atoms with E-state index in [1.807, 2.05) is 0 Å². The SMILES string of the molecule is O=C(CN1C(C(=O)c2ccccc2)C(=O)c2ccccc2S1(=O)=O)Nc1cccc2c1OCO2. The first-order valence-corrected chi connectivity index (χ1v) is 11.7. The van der Waals surface area contributed by atoms with Crippen molar-refractivity contribution in [2.24, 2.45) is 0 Å². The fraction of sp³-hybridized carbons (Fsp3) is 0.125. The molecule has 10 heteroatoms. The van der Waals surface area contributed by atoms with Crippen LogP contribution >= 0.6 is 0 Å². The zero-order valence-corrected chi connectivity index (χ0v) is 18.4. The molecule has 1 amide bonds. The number of hydrogen-bond donors (Lipinski definition) is 1. The van der Waals surface area contributed by atoms with E-state index in [0.29, 0.717) is 15.8 Å². The summed E-state index contributed by atoms with van der Waals surface area (Å²) in [6.45, 7) is -0.766. The van der Waals surface area contributed by atoms with Crippen LogP contribution in [0.25, 0.3) is 0 Å². The maximum atomic E-state index is 13.5. The van der Waals surface area contributed by atoms with Gasteiger partial charge in [-0.15, -0.1) is 0 Å². The highest BCUT2D eigenvalue weighted by molar-refractivity contribution is 7.89. The maximum absolute atomic E-state index is 13.5. The van der Waals surface area contributed by atoms with E-state index in [1.165, 1.54) is 36.4 Å². The summed E-state index contributed by atoms with van der Waals surface area (Å²) in [5.41, 5.74) is 0.360. The molecule has 2 heterocycles. The monoisotopic (exact) mass is 478 g/mol. The Hall–Kier alpha value is -4.02. The number of fused-ring (bicyclic) bond motifs is 2. The van der Waals surface area contributed by atoms with Crippen molar-refractivity contribution < 1.29 is 32.3 Å². The summed E-state index contributed by atoms with van der Waals surface area (Å²) in [5, 5.41) is 2.59. The van der Waals surface area contributed by atoms with Gasteiger partial charge >= 0.3 is 0 Å². The van der Waals surface area contributed by atoms with Gasteiger partial charge in [0.05, 0.1) is 17.1 Å². The van der Waals surface area contributed by atoms with Gasteiger partial charge in [-0.1, -0.05) is 48.5 Å². The fourth-order valence-corrected chi connectivity index (χ4v) is 5.69. The molecule has 0 radical (unpaired) electrons. The number of nitrogens with zero attached hydrogens (tertiary/aromatic N) is 1. The average Bonchev–Trinajstić information content (AvgIpc) is 3.33. The highest BCUT2D eigenvalue weighted by Gasteiger charge is 2.48. The Morgan fingerprint density at radius 1 is 0.941 bits per heavy atom. The number of hydrogen-bond acceptors (Lipinski definition) is 7. The van der Waals surface area contributed by atoms with Gasteiger partial charge in [-0.25, -0.2) is 8.42 Å². The lowest BCUT2D eigenvalue weighted by atomic mass is 9.96. The van der Waals surface area contributed by atoms with Gasteiger partial charge in [0.2, 0.25) is 22.7 Å². The minimum absolute atomic E-state index is 0.0122. The molecule has 0 bridgehead atoms. The quantitative estimate of drug-likeness (QED) is 0.442. The summed E-state index contributed by atoms with van der Waals surface area (Å²) in [7, 11) is -4.34. The van der Waals surface area contributed by atoms with Gasteiger partial charge < -0.3 is 14.8 Å². The lowest BCUT2D eigenvalue weighted by Gasteiger charge is -2.33. The minimum Gasteiger partial charge on any atom is -0.454 e. The third kappa shape index (κ3) is 3.62. The molecule has 0 aromatic heterocycles. The van der Waals surface area contributed by atoms with Crippen LogP contribution in [0.4, 0.5) is 5.69 Å². The Kier molecular flexibility index (Phi) is 5.39. The molecule has 9 nitrogen and oxygen atoms in total. The molecule has 0 fully saturated rings. The fourth-order valence-electron chi connectivity index (χ4n) is 3.98. The van der Waals surface area contributed by atoms with Crippen molar-refractivity contribution in [2.75, 3.05) is 18.7 Å². The van der Waals surface area contributed by atoms with Crippen LogP contribution in [0.2, 0.25) is 0 Å². The van der Waals surface area contributed by atoms with Gasteiger partial charge in [-0.3, -0.25) is 14.4 Å². The number of ketones is 2. The van der Waals surface area contributed by atoms with Crippen molar-refractivity contribution in [3.05, 3.63) is 83.9 Å². The first kappa shape index (κ1) is 21.8. The van der Waals surface area contributed by atoms with Crippen LogP contribution in [-0.2, 0) is 14.8 Å². The number of amides is 1. The van der Waals surface area contributed by atoms with Crippen LogP contribution in [-0.4, -0.2) is 49.6 Å². The molecule has 172 valence electrons. The van der Waals surface area contributed by atoms with E-state index in [-0.39, 0.29) is 28.5 Å². The second-order valence-corrected chi connectivity index (χ2v) is 9.49. The van der Waals surface area contributed by atoms with Crippen LogP contribution in [0.5, 0.6) is 11.5 Å². The zero-order chi connectivity index (χ0) is 23.9. The van der Waals surface area contributed by atoms with Crippen molar-refractivity contribution in [3.8, 4) is 11.5 Å². The summed E-state index contributed by atoms with van der Waals surface area (Å²) < 4.78 is 38.2. The van der Waals surface area contributed by atoms with Gasteiger partial charge in [0.25, 0.3) is 0 Å². The second kappa shape index (κ2) is 8.40. The number of sulfonamides is 1. The van der Waals surface area contributed by atoms with Gasteiger partial charge in [-0.2, -0.15) is 4.31 Å². The van der Waals surface area contributed by atoms with Gasteiger partial charge in [-0.05, 0) is 24.3 Å². The molecule has 1 N–H and O–H groups in total. The van der Waals surface area contributed by atoms with E-state index >= 15 is 0 Å². The zero-order valence-electron chi connectivity index (χ0n) is 17.6. The smallest absolute Gasteiger partial charge is 0.245 e. The van der Waals surface area contributed by atoms with Gasteiger partial charge in [0.15, 0.2) is 29.1 Å². The van der Waals surface area contributed by atoms with Crippen LogP contribution in [0.3, 0.4) is 0 Å². The largest absolute Gasteiger partial charge is 0.454 e. The number of para-hydroxylation sites is 1. The molecule has 5 rings (SSSR count). The molecule has 3 aromatic carbocycles. The van der Waals surface area contributed by atoms with Crippen molar-refractivity contribution in [2.45, 2.75) is 10.9 Å². The summed E-state index contributed by atoms with van der Waals surface area (Å²) in [5.74, 6) is -1.40. The summed E-state index contributed by atoms with van der Waals surface area (Å²) in [6.07, 6.45) is 0. The first-order chi connectivity index (χ1) is 16.4. The Balaban J connectivity index is 1.52. The van der Waals surface area contributed by atoms with E-state index in [2.05, 4.69) is 5.32 Å². The Labute approximate surface area is 195 Å². The van der Waals surface area contributed by atoms with Crippen LogP contribution in [0.1, 0.15) is 20.7 Å². The standard InChI is InChI=1S/C24H18N2O7S/c27-20(25-17-10-6-11-18-24(17)33-14-32-18)13-26-21(22(28)15-7-2-1-3-8-15)23(29)16-9-4-5-12-19(16)34(26,30)31/h1-12,21H,13-14H2,(H,25,27). The van der Waals surface area contributed by atoms with Crippen molar-refractivity contribution in [1.82, 2.24) is 4.31 Å². The second-order valence-electron chi connectivity index (χ2n) is 7.63. The molecule has 0 aliphatic carbocycles. The summed E-state index contributed by atoms with van der Waals surface area (Å²) in [6, 6.07) is 16.7. The van der Waals surface area contributed by atoms with Crippen molar-refractivity contribution in [3.63, 3.8) is 0 Å². The number of benzene rings is 3. The Morgan fingerprint density at radius 2 is 1.68 bits per heavy atom. The number of Topliss-reactive ketones (excluding diaryl/α,β-unsaturated/α-hetero) is 2. The van der Waals surface area contributed by atoms with E-state index < -0.39 is 40.1 Å². The maximum Gasteiger partial charge on any atom is 0.245 e. The van der Waals surface area contributed by atoms with E-state index in [9.17, 15) is 22.8 Å². The first-order valence-electron chi connectivity index (χ1n) is 10.3. The summed E-state index contributed by atoms with van der Waals surface area (Å²) in [4.78, 5) is 39.4. The number of anilines is 1. The number of carbonyl (C=O) groups is 3. The Bertz CT molecular complexity index is 1420. The number of rotatable bonds is 5. The molecule has 2 aliphatic heterocycles. The Morgan fingerprint density at radius 3 is 2.47 bits per heavy atom. The third-order valence-corrected chi connectivity index (χ3v) is 7.42. The molecule has 1 unspecified atom stereocenters. The van der Waals surface area contributed by atoms with Gasteiger partial charge in [0, 0.05) is 11.1 Å². The number of ether oxygens (including phenoxy) is 2. The molecular formula is C24H18N2O7S. The van der Waals surface area contributed by atoms with Crippen LogP contribution in [0.15, 0.2) is 77.7 Å². The third-order valence-electron chi connectivity index (χ3n) is 5.55. The molecule has 0 spiro atoms. The van der Waals surface area contributed by atoms with E-state index in [1.54, 1.807) is 36.4 Å². The number of nitrogens with one attached hydrogen (secondary N) is 1. The van der Waals surface area contributed by atoms with Crippen LogP contribution < -0.4 is 14.8 Å². The van der Waals surface area contributed by atoms with Crippen molar-refractivity contribution in [1.29, 1.82) is 0 Å². The molecule has 1 atom stereocenters. The minimum atomic E-state index is -4.34. The molecule has 0 saturated carbocycles. The average molecular weight is 478 g/mol. The predicted octanol–water partition coefficient (Wildman–Crippen LogP) is 2.49. The van der Waals surface area contributed by atoms with E-state index in [4.69, 9.17) is 9.47 Å². The highest BCUT2D eigenvalue weighted by Crippen LogP contribution is 2.39. The molecule has 3 aromatic rings. The molecule has 2 aliphatic rings. The van der Waals surface area contributed by atoms with Crippen LogP contribution in [0, 0.1) is 0 Å². The molecule has 0 saturated heterocycles. The predicted molar refractivity (Wildman–Crippen MR) is 120 cm³/mol. The lowest BCUT2D eigenvalue weighted by molar-refractivity contribution is -0.116. The van der Waals surface area contributed by atoms with Gasteiger partial charge in [0.1, 0.15) is 0 Å². The molecular weight excluding hydrogens is 460 g/mol. The normalized spacial score (nSPS) is 18.2.